The smallest absolute Gasteiger partial charge is 0.262 e. The maximum atomic E-state index is 13.3. The first-order valence-electron chi connectivity index (χ1n) is 9.74. The van der Waals surface area contributed by atoms with Crippen LogP contribution in [0.25, 0.3) is 32.5 Å². The van der Waals surface area contributed by atoms with Gasteiger partial charge in [0.1, 0.15) is 16.4 Å². The minimum Gasteiger partial charge on any atom is -0.300 e. The summed E-state index contributed by atoms with van der Waals surface area (Å²) in [6.07, 6.45) is 0.993. The SMILES string of the molecule is CCc1nc2scc(-c3ccc(-c4ccccc4)cc3)c2c(=O)n1CCC(C)=O. The van der Waals surface area contributed by atoms with Gasteiger partial charge in [-0.2, -0.15) is 0 Å². The number of benzene rings is 2. The maximum absolute atomic E-state index is 13.3. The molecule has 0 aliphatic carbocycles. The molecule has 0 N–H and O–H groups in total. The van der Waals surface area contributed by atoms with Crippen LogP contribution in [-0.4, -0.2) is 15.3 Å². The summed E-state index contributed by atoms with van der Waals surface area (Å²) in [5.41, 5.74) is 4.14. The second-order valence-electron chi connectivity index (χ2n) is 7.06. The molecule has 2 heterocycles. The van der Waals surface area contributed by atoms with Gasteiger partial charge in [0.25, 0.3) is 5.56 Å². The predicted octanol–water partition coefficient (Wildman–Crippen LogP) is 5.33. The summed E-state index contributed by atoms with van der Waals surface area (Å²) in [5, 5.41) is 2.65. The highest BCUT2D eigenvalue weighted by molar-refractivity contribution is 7.17. The summed E-state index contributed by atoms with van der Waals surface area (Å²) in [6, 6.07) is 18.5. The normalized spacial score (nSPS) is 11.1. The van der Waals surface area contributed by atoms with Gasteiger partial charge in [-0.05, 0) is 23.6 Å². The number of hydrogen-bond donors (Lipinski definition) is 0. The topological polar surface area (TPSA) is 52.0 Å². The van der Waals surface area contributed by atoms with Crippen molar-refractivity contribution in [3.63, 3.8) is 0 Å². The number of Topliss-reactive ketones (excluding diaryl/α,β-unsaturated/α-hetero) is 1. The third kappa shape index (κ3) is 3.78. The van der Waals surface area contributed by atoms with Gasteiger partial charge in [-0.15, -0.1) is 11.3 Å². The first-order valence-corrected chi connectivity index (χ1v) is 10.6. The van der Waals surface area contributed by atoms with Crippen LogP contribution in [0.15, 0.2) is 64.8 Å². The number of rotatable bonds is 6. The summed E-state index contributed by atoms with van der Waals surface area (Å²) in [7, 11) is 0. The summed E-state index contributed by atoms with van der Waals surface area (Å²) in [4.78, 5) is 30.2. The van der Waals surface area contributed by atoms with E-state index in [1.54, 1.807) is 11.5 Å². The molecule has 0 bridgehead atoms. The molecule has 2 aromatic carbocycles. The van der Waals surface area contributed by atoms with Gasteiger partial charge in [0.2, 0.25) is 0 Å². The van der Waals surface area contributed by atoms with Crippen molar-refractivity contribution in [2.75, 3.05) is 0 Å². The number of aryl methyl sites for hydroxylation is 1. The van der Waals surface area contributed by atoms with Crippen LogP contribution in [0.1, 0.15) is 26.1 Å². The monoisotopic (exact) mass is 402 g/mol. The lowest BCUT2D eigenvalue weighted by Crippen LogP contribution is -2.25. The summed E-state index contributed by atoms with van der Waals surface area (Å²) in [6.45, 7) is 3.91. The molecular formula is C24H22N2O2S. The van der Waals surface area contributed by atoms with E-state index in [2.05, 4.69) is 36.4 Å². The summed E-state index contributed by atoms with van der Waals surface area (Å²) in [5.74, 6) is 0.803. The van der Waals surface area contributed by atoms with Crippen molar-refractivity contribution < 1.29 is 4.79 Å². The fraction of sp³-hybridized carbons (Fsp3) is 0.208. The van der Waals surface area contributed by atoms with Crippen LogP contribution < -0.4 is 5.56 Å². The third-order valence-electron chi connectivity index (χ3n) is 5.08. The number of hydrogen-bond acceptors (Lipinski definition) is 4. The largest absolute Gasteiger partial charge is 0.300 e. The molecule has 0 spiro atoms. The van der Waals surface area contributed by atoms with Crippen LogP contribution in [0, 0.1) is 0 Å². The van der Waals surface area contributed by atoms with Gasteiger partial charge in [0.05, 0.1) is 5.39 Å². The molecule has 0 aliphatic heterocycles. The molecule has 2 aromatic heterocycles. The number of carbonyl (C=O) groups is 1. The van der Waals surface area contributed by atoms with Crippen LogP contribution in [0.5, 0.6) is 0 Å². The Bertz CT molecular complexity index is 1220. The lowest BCUT2D eigenvalue weighted by molar-refractivity contribution is -0.117. The van der Waals surface area contributed by atoms with Crippen molar-refractivity contribution >= 4 is 27.3 Å². The lowest BCUT2D eigenvalue weighted by Gasteiger charge is -2.11. The fourth-order valence-electron chi connectivity index (χ4n) is 3.52. The van der Waals surface area contributed by atoms with E-state index in [0.29, 0.717) is 24.8 Å². The molecule has 0 radical (unpaired) electrons. The highest BCUT2D eigenvalue weighted by atomic mass is 32.1. The molecule has 4 rings (SSSR count). The number of nitrogens with zero attached hydrogens (tertiary/aromatic N) is 2. The van der Waals surface area contributed by atoms with Crippen LogP contribution >= 0.6 is 11.3 Å². The fourth-order valence-corrected chi connectivity index (χ4v) is 4.48. The second-order valence-corrected chi connectivity index (χ2v) is 7.92. The molecule has 0 aliphatic rings. The van der Waals surface area contributed by atoms with E-state index in [1.807, 2.05) is 30.5 Å². The Morgan fingerprint density at radius 3 is 2.31 bits per heavy atom. The molecule has 0 amide bonds. The van der Waals surface area contributed by atoms with E-state index < -0.39 is 0 Å². The second kappa shape index (κ2) is 8.13. The van der Waals surface area contributed by atoms with Crippen molar-refractivity contribution in [3.8, 4) is 22.3 Å². The Hall–Kier alpha value is -3.05. The highest BCUT2D eigenvalue weighted by Gasteiger charge is 2.16. The molecule has 5 heteroatoms. The Labute approximate surface area is 173 Å². The van der Waals surface area contributed by atoms with E-state index in [0.717, 1.165) is 32.9 Å². The van der Waals surface area contributed by atoms with Crippen molar-refractivity contribution in [2.45, 2.75) is 33.2 Å². The minimum atomic E-state index is -0.0588. The van der Waals surface area contributed by atoms with Crippen LogP contribution in [-0.2, 0) is 17.8 Å². The zero-order chi connectivity index (χ0) is 20.4. The first-order chi connectivity index (χ1) is 14.1. The molecule has 0 atom stereocenters. The van der Waals surface area contributed by atoms with E-state index in [9.17, 15) is 9.59 Å². The van der Waals surface area contributed by atoms with Crippen molar-refractivity contribution in [1.29, 1.82) is 0 Å². The molecule has 0 saturated heterocycles. The number of thiophene rings is 1. The maximum Gasteiger partial charge on any atom is 0.262 e. The average molecular weight is 403 g/mol. The predicted molar refractivity (Wildman–Crippen MR) is 119 cm³/mol. The Balaban J connectivity index is 1.79. The van der Waals surface area contributed by atoms with Crippen molar-refractivity contribution in [1.82, 2.24) is 9.55 Å². The standard InChI is InChI=1S/C24H22N2O2S/c1-3-21-25-23-22(24(28)26(21)14-13-16(2)27)20(15-29-23)19-11-9-18(10-12-19)17-7-5-4-6-8-17/h4-12,15H,3,13-14H2,1-2H3. The van der Waals surface area contributed by atoms with Crippen LogP contribution in [0.4, 0.5) is 0 Å². The summed E-state index contributed by atoms with van der Waals surface area (Å²) < 4.78 is 1.66. The molecular weight excluding hydrogens is 380 g/mol. The van der Waals surface area contributed by atoms with Gasteiger partial charge in [-0.1, -0.05) is 61.5 Å². The van der Waals surface area contributed by atoms with E-state index in [1.165, 1.54) is 11.3 Å². The van der Waals surface area contributed by atoms with Crippen LogP contribution in [0.3, 0.4) is 0 Å². The van der Waals surface area contributed by atoms with Gasteiger partial charge >= 0.3 is 0 Å². The molecule has 146 valence electrons. The Morgan fingerprint density at radius 1 is 1.00 bits per heavy atom. The number of aromatic nitrogens is 2. The van der Waals surface area contributed by atoms with E-state index in [4.69, 9.17) is 4.98 Å². The zero-order valence-electron chi connectivity index (χ0n) is 16.5. The number of carbonyl (C=O) groups excluding carboxylic acids is 1. The van der Waals surface area contributed by atoms with Gasteiger partial charge in [0, 0.05) is 30.3 Å². The van der Waals surface area contributed by atoms with Gasteiger partial charge in [0.15, 0.2) is 0 Å². The van der Waals surface area contributed by atoms with Crippen molar-refractivity contribution in [3.05, 3.63) is 76.2 Å². The Morgan fingerprint density at radius 2 is 1.66 bits per heavy atom. The molecule has 0 unspecified atom stereocenters. The minimum absolute atomic E-state index is 0.0588. The quantitative estimate of drug-likeness (QED) is 0.438. The van der Waals surface area contributed by atoms with Crippen molar-refractivity contribution in [2.24, 2.45) is 0 Å². The molecule has 0 saturated carbocycles. The van der Waals surface area contributed by atoms with E-state index in [-0.39, 0.29) is 11.3 Å². The van der Waals surface area contributed by atoms with E-state index >= 15 is 0 Å². The lowest BCUT2D eigenvalue weighted by atomic mass is 10.0. The number of ketones is 1. The summed E-state index contributed by atoms with van der Waals surface area (Å²) >= 11 is 1.49. The Kier molecular flexibility index (Phi) is 5.41. The van der Waals surface area contributed by atoms with Gasteiger partial charge in [-0.25, -0.2) is 4.98 Å². The average Bonchev–Trinajstić information content (AvgIpc) is 3.17. The number of fused-ring (bicyclic) bond motifs is 1. The molecule has 29 heavy (non-hydrogen) atoms. The zero-order valence-corrected chi connectivity index (χ0v) is 17.3. The first kappa shape index (κ1) is 19.3. The highest BCUT2D eigenvalue weighted by Crippen LogP contribution is 2.32. The molecule has 0 fully saturated rings. The molecule has 4 nitrogen and oxygen atoms in total. The van der Waals surface area contributed by atoms with Gasteiger partial charge < -0.3 is 0 Å². The third-order valence-corrected chi connectivity index (χ3v) is 5.95. The van der Waals surface area contributed by atoms with Crippen LogP contribution in [0.2, 0.25) is 0 Å². The molecule has 4 aromatic rings. The van der Waals surface area contributed by atoms with Gasteiger partial charge in [-0.3, -0.25) is 14.2 Å².